The van der Waals surface area contributed by atoms with E-state index in [2.05, 4.69) is 0 Å². The second kappa shape index (κ2) is 4.37. The van der Waals surface area contributed by atoms with Gasteiger partial charge in [-0.2, -0.15) is 0 Å². The summed E-state index contributed by atoms with van der Waals surface area (Å²) in [7, 11) is 0. The van der Waals surface area contributed by atoms with E-state index < -0.39 is 17.1 Å². The minimum Gasteiger partial charge on any atom is -0.282 e. The fourth-order valence-electron chi connectivity index (χ4n) is 0.924. The molecule has 0 aromatic carbocycles. The minimum absolute atomic E-state index is 0.0153. The molecular weight excluding hydrogens is 206 g/mol. The van der Waals surface area contributed by atoms with E-state index in [9.17, 15) is 19.2 Å². The van der Waals surface area contributed by atoms with Crippen LogP contribution < -0.4 is 22.9 Å². The Morgan fingerprint density at radius 3 is 2.27 bits per heavy atom. The van der Waals surface area contributed by atoms with E-state index >= 15 is 0 Å². The Kier molecular flexibility index (Phi) is 3.18. The summed E-state index contributed by atoms with van der Waals surface area (Å²) >= 11 is 0. The highest BCUT2D eigenvalue weighted by Crippen LogP contribution is 1.73. The van der Waals surface area contributed by atoms with Gasteiger partial charge in [-0.25, -0.2) is 24.8 Å². The number of hydrogen-bond acceptors (Lipinski definition) is 5. The number of nitrogens with one attached hydrogen (secondary N) is 2. The molecule has 1 heterocycles. The van der Waals surface area contributed by atoms with E-state index in [1.807, 2.05) is 9.97 Å². The molecule has 0 aliphatic rings. The molecule has 82 valence electrons. The maximum absolute atomic E-state index is 11.1. The van der Waals surface area contributed by atoms with Gasteiger partial charge < -0.3 is 0 Å². The summed E-state index contributed by atoms with van der Waals surface area (Å²) in [4.78, 5) is 46.7. The monoisotopic (exact) mass is 215 g/mol. The summed E-state index contributed by atoms with van der Waals surface area (Å²) in [6.45, 7) is -0.112. The molecular formula is C6H9N5O4. The Labute approximate surface area is 82.1 Å². The fraction of sp³-hybridized carbons (Fsp3) is 0.333. The van der Waals surface area contributed by atoms with Crippen molar-refractivity contribution in [3.05, 3.63) is 31.5 Å². The third kappa shape index (κ3) is 2.64. The molecule has 0 aliphatic carbocycles. The van der Waals surface area contributed by atoms with Crippen LogP contribution in [0.1, 0.15) is 0 Å². The van der Waals surface area contributed by atoms with Crippen LogP contribution >= 0.6 is 0 Å². The topological polar surface area (TPSA) is 134 Å². The molecule has 0 unspecified atom stereocenters. The van der Waals surface area contributed by atoms with Crippen molar-refractivity contribution in [2.45, 2.75) is 6.54 Å². The fourth-order valence-corrected chi connectivity index (χ4v) is 0.924. The molecule has 1 aromatic rings. The Morgan fingerprint density at radius 1 is 1.27 bits per heavy atom. The van der Waals surface area contributed by atoms with Gasteiger partial charge in [0.2, 0.25) is 6.41 Å². The number of carbonyl (C=O) groups is 1. The van der Waals surface area contributed by atoms with Crippen LogP contribution in [0.2, 0.25) is 0 Å². The zero-order valence-electron chi connectivity index (χ0n) is 7.60. The first-order valence-electron chi connectivity index (χ1n) is 3.94. The number of H-pyrrole nitrogens is 2. The predicted octanol–water partition coefficient (Wildman–Crippen LogP) is -3.44. The van der Waals surface area contributed by atoms with Gasteiger partial charge in [-0.3, -0.25) is 19.8 Å². The van der Waals surface area contributed by atoms with Gasteiger partial charge >= 0.3 is 17.1 Å². The third-order valence-electron chi connectivity index (χ3n) is 1.65. The minimum atomic E-state index is -0.874. The first-order valence-corrected chi connectivity index (χ1v) is 3.94. The summed E-state index contributed by atoms with van der Waals surface area (Å²) in [6, 6.07) is 0. The third-order valence-corrected chi connectivity index (χ3v) is 1.65. The van der Waals surface area contributed by atoms with Gasteiger partial charge in [-0.1, -0.05) is 0 Å². The maximum atomic E-state index is 11.1. The number of rotatable bonds is 4. The first kappa shape index (κ1) is 10.9. The van der Waals surface area contributed by atoms with Crippen molar-refractivity contribution in [3.8, 4) is 0 Å². The molecule has 1 rings (SSSR count). The Balaban J connectivity index is 2.96. The normalized spacial score (nSPS) is 9.93. The van der Waals surface area contributed by atoms with Gasteiger partial charge in [-0.05, 0) is 0 Å². The van der Waals surface area contributed by atoms with Crippen LogP contribution in [0, 0.1) is 0 Å². The van der Waals surface area contributed by atoms with Gasteiger partial charge in [0.25, 0.3) is 0 Å². The standard InChI is InChI=1S/C6H9N5O4/c7-10(3-12)1-2-11-5(14)8-4(13)9-6(11)15/h3H,1-2,7H2,(H2,8,9,13,14,15). The summed E-state index contributed by atoms with van der Waals surface area (Å²) in [6.07, 6.45) is 0.352. The number of aromatic amines is 2. The van der Waals surface area contributed by atoms with Gasteiger partial charge in [-0.15, -0.1) is 0 Å². The lowest BCUT2D eigenvalue weighted by Gasteiger charge is -2.09. The molecule has 0 bridgehead atoms. The molecule has 0 fully saturated rings. The lowest BCUT2D eigenvalue weighted by Crippen LogP contribution is -2.45. The summed E-state index contributed by atoms with van der Waals surface area (Å²) in [5.74, 6) is 5.12. The van der Waals surface area contributed by atoms with Crippen molar-refractivity contribution in [3.63, 3.8) is 0 Å². The molecule has 9 heteroatoms. The highest BCUT2D eigenvalue weighted by atomic mass is 16.2. The molecule has 4 N–H and O–H groups in total. The van der Waals surface area contributed by atoms with E-state index in [0.717, 1.165) is 9.58 Å². The summed E-state index contributed by atoms with van der Waals surface area (Å²) in [5.41, 5.74) is -2.56. The van der Waals surface area contributed by atoms with Crippen molar-refractivity contribution in [1.29, 1.82) is 0 Å². The van der Waals surface area contributed by atoms with E-state index in [0.29, 0.717) is 6.41 Å². The summed E-state index contributed by atoms with van der Waals surface area (Å²) < 4.78 is 0.727. The second-order valence-electron chi connectivity index (χ2n) is 2.68. The Bertz CT molecular complexity index is 477. The molecule has 0 atom stereocenters. The molecule has 1 amide bonds. The van der Waals surface area contributed by atoms with Crippen LogP contribution in [0.15, 0.2) is 14.4 Å². The number of nitrogens with zero attached hydrogens (tertiary/aromatic N) is 2. The van der Waals surface area contributed by atoms with Crippen molar-refractivity contribution in [2.24, 2.45) is 5.84 Å². The molecule has 0 saturated carbocycles. The number of carbonyl (C=O) groups excluding carboxylic acids is 1. The molecule has 0 aliphatic heterocycles. The molecule has 9 nitrogen and oxygen atoms in total. The van der Waals surface area contributed by atoms with Crippen molar-refractivity contribution in [2.75, 3.05) is 6.54 Å². The predicted molar refractivity (Wildman–Crippen MR) is 48.9 cm³/mol. The average molecular weight is 215 g/mol. The van der Waals surface area contributed by atoms with E-state index in [1.165, 1.54) is 0 Å². The molecule has 0 radical (unpaired) electrons. The number of amides is 1. The molecule has 0 spiro atoms. The van der Waals surface area contributed by atoms with E-state index in [4.69, 9.17) is 5.84 Å². The zero-order valence-corrected chi connectivity index (χ0v) is 7.60. The van der Waals surface area contributed by atoms with Crippen LogP contribution in [-0.2, 0) is 11.3 Å². The van der Waals surface area contributed by atoms with Gasteiger partial charge in [0.1, 0.15) is 0 Å². The van der Waals surface area contributed by atoms with Gasteiger partial charge in [0.15, 0.2) is 0 Å². The van der Waals surface area contributed by atoms with Crippen LogP contribution in [0.25, 0.3) is 0 Å². The molecule has 15 heavy (non-hydrogen) atoms. The number of hydrazine groups is 1. The van der Waals surface area contributed by atoms with Gasteiger partial charge in [0.05, 0.1) is 13.1 Å². The van der Waals surface area contributed by atoms with Crippen LogP contribution in [0.5, 0.6) is 0 Å². The quantitative estimate of drug-likeness (QED) is 0.208. The molecule has 1 aromatic heterocycles. The van der Waals surface area contributed by atoms with Crippen LogP contribution in [-0.4, -0.2) is 32.5 Å². The maximum Gasteiger partial charge on any atom is 0.333 e. The van der Waals surface area contributed by atoms with Gasteiger partial charge in [0, 0.05) is 0 Å². The molecule has 0 saturated heterocycles. The number of hydrogen-bond donors (Lipinski definition) is 3. The lowest BCUT2D eigenvalue weighted by molar-refractivity contribution is -0.118. The smallest absolute Gasteiger partial charge is 0.282 e. The highest BCUT2D eigenvalue weighted by molar-refractivity contribution is 5.45. The van der Waals surface area contributed by atoms with Crippen molar-refractivity contribution < 1.29 is 4.79 Å². The first-order chi connectivity index (χ1) is 7.04. The average Bonchev–Trinajstić information content (AvgIpc) is 2.15. The largest absolute Gasteiger partial charge is 0.333 e. The second-order valence-corrected chi connectivity index (χ2v) is 2.68. The highest BCUT2D eigenvalue weighted by Gasteiger charge is 2.03. The summed E-state index contributed by atoms with van der Waals surface area (Å²) in [5, 5.41) is 0.775. The van der Waals surface area contributed by atoms with E-state index in [1.54, 1.807) is 0 Å². The SMILES string of the molecule is NN(C=O)CCn1c(=O)[nH]c(=O)[nH]c1=O. The van der Waals surface area contributed by atoms with Crippen molar-refractivity contribution in [1.82, 2.24) is 19.5 Å². The number of aromatic nitrogens is 3. The zero-order chi connectivity index (χ0) is 11.4. The van der Waals surface area contributed by atoms with E-state index in [-0.39, 0.29) is 13.1 Å². The van der Waals surface area contributed by atoms with Crippen LogP contribution in [0.4, 0.5) is 0 Å². The Hall–Kier alpha value is -2.16. The lowest BCUT2D eigenvalue weighted by atomic mass is 10.6. The van der Waals surface area contributed by atoms with Crippen LogP contribution in [0.3, 0.4) is 0 Å². The Morgan fingerprint density at radius 2 is 1.80 bits per heavy atom. The number of nitrogens with two attached hydrogens (primary N) is 1. The van der Waals surface area contributed by atoms with Crippen molar-refractivity contribution >= 4 is 6.41 Å².